The van der Waals surface area contributed by atoms with Crippen molar-refractivity contribution in [3.63, 3.8) is 0 Å². The molecule has 88 valence electrons. The van der Waals surface area contributed by atoms with Gasteiger partial charge in [-0.15, -0.1) is 0 Å². The van der Waals surface area contributed by atoms with Crippen molar-refractivity contribution in [1.82, 2.24) is 5.32 Å². The topological polar surface area (TPSA) is 66.4 Å². The highest BCUT2D eigenvalue weighted by molar-refractivity contribution is 5.88. The van der Waals surface area contributed by atoms with Crippen molar-refractivity contribution in [2.45, 2.75) is 32.2 Å². The Labute approximate surface area is 95.0 Å². The average molecular weight is 223 g/mol. The van der Waals surface area contributed by atoms with Crippen LogP contribution in [-0.4, -0.2) is 23.0 Å². The lowest BCUT2D eigenvalue weighted by Gasteiger charge is -2.16. The minimum absolute atomic E-state index is 0.222. The van der Waals surface area contributed by atoms with Crippen LogP contribution in [0.2, 0.25) is 0 Å². The summed E-state index contributed by atoms with van der Waals surface area (Å²) >= 11 is 0. The van der Waals surface area contributed by atoms with Crippen LogP contribution in [0.25, 0.3) is 0 Å². The number of carboxylic acid groups (broad SMARTS) is 1. The van der Waals surface area contributed by atoms with Crippen molar-refractivity contribution in [1.29, 1.82) is 0 Å². The lowest BCUT2D eigenvalue weighted by Crippen LogP contribution is -2.39. The van der Waals surface area contributed by atoms with Gasteiger partial charge in [0.05, 0.1) is 5.92 Å². The van der Waals surface area contributed by atoms with Gasteiger partial charge in [0.25, 0.3) is 0 Å². The van der Waals surface area contributed by atoms with Crippen LogP contribution in [0, 0.1) is 5.92 Å². The first-order valence-corrected chi connectivity index (χ1v) is 5.48. The molecule has 0 spiro atoms. The number of allylic oxidation sites excluding steroid dienone is 3. The summed E-state index contributed by atoms with van der Waals surface area (Å²) in [5.74, 6) is -1.48. The molecule has 1 aliphatic rings. The lowest BCUT2D eigenvalue weighted by molar-refractivity contribution is -0.142. The van der Waals surface area contributed by atoms with Gasteiger partial charge in [-0.25, -0.2) is 0 Å². The van der Waals surface area contributed by atoms with Gasteiger partial charge < -0.3 is 10.4 Å². The summed E-state index contributed by atoms with van der Waals surface area (Å²) < 4.78 is 0. The highest BCUT2D eigenvalue weighted by Crippen LogP contribution is 2.25. The van der Waals surface area contributed by atoms with Crippen LogP contribution in [0.4, 0.5) is 0 Å². The summed E-state index contributed by atoms with van der Waals surface area (Å²) in [5, 5.41) is 11.7. The van der Waals surface area contributed by atoms with Crippen LogP contribution in [0.5, 0.6) is 0 Å². The zero-order valence-corrected chi connectivity index (χ0v) is 9.35. The van der Waals surface area contributed by atoms with Crippen LogP contribution in [0.1, 0.15) is 26.2 Å². The zero-order chi connectivity index (χ0) is 12.0. The molecule has 4 nitrogen and oxygen atoms in total. The molecule has 0 aromatic heterocycles. The van der Waals surface area contributed by atoms with Gasteiger partial charge in [0, 0.05) is 12.1 Å². The smallest absolute Gasteiger partial charge is 0.308 e. The SMILES string of the molecule is CC=CC=CC(=O)NC1CCCC1C(=O)O. The molecule has 2 unspecified atom stereocenters. The summed E-state index contributed by atoms with van der Waals surface area (Å²) in [6.45, 7) is 1.86. The monoisotopic (exact) mass is 223 g/mol. The van der Waals surface area contributed by atoms with Gasteiger partial charge in [0.15, 0.2) is 0 Å². The second-order valence-electron chi connectivity index (χ2n) is 3.88. The number of hydrogen-bond acceptors (Lipinski definition) is 2. The first kappa shape index (κ1) is 12.5. The third-order valence-corrected chi connectivity index (χ3v) is 2.71. The molecular formula is C12H17NO3. The highest BCUT2D eigenvalue weighted by atomic mass is 16.4. The maximum absolute atomic E-state index is 11.4. The second kappa shape index (κ2) is 6.10. The van der Waals surface area contributed by atoms with E-state index in [9.17, 15) is 9.59 Å². The lowest BCUT2D eigenvalue weighted by atomic mass is 10.0. The van der Waals surface area contributed by atoms with Gasteiger partial charge in [-0.05, 0) is 19.8 Å². The molecule has 16 heavy (non-hydrogen) atoms. The molecule has 1 fully saturated rings. The Balaban J connectivity index is 2.47. The van der Waals surface area contributed by atoms with Gasteiger partial charge >= 0.3 is 5.97 Å². The minimum atomic E-state index is -0.819. The van der Waals surface area contributed by atoms with Crippen molar-refractivity contribution in [2.75, 3.05) is 0 Å². The maximum Gasteiger partial charge on any atom is 0.308 e. The van der Waals surface area contributed by atoms with Gasteiger partial charge in [0.2, 0.25) is 5.91 Å². The maximum atomic E-state index is 11.4. The standard InChI is InChI=1S/C12H17NO3/c1-2-3-4-8-11(14)13-10-7-5-6-9(10)12(15)16/h2-4,8-10H,5-7H2,1H3,(H,13,14)(H,15,16). The first-order valence-electron chi connectivity index (χ1n) is 5.48. The summed E-state index contributed by atoms with van der Waals surface area (Å²) in [4.78, 5) is 22.3. The number of carbonyl (C=O) groups is 2. The molecule has 1 amide bonds. The normalized spacial score (nSPS) is 25.3. The number of carbonyl (C=O) groups excluding carboxylic acids is 1. The highest BCUT2D eigenvalue weighted by Gasteiger charge is 2.33. The molecule has 0 bridgehead atoms. The van der Waals surface area contributed by atoms with E-state index in [4.69, 9.17) is 5.11 Å². The Morgan fingerprint density at radius 3 is 2.69 bits per heavy atom. The van der Waals surface area contributed by atoms with Crippen molar-refractivity contribution in [2.24, 2.45) is 5.92 Å². The summed E-state index contributed by atoms with van der Waals surface area (Å²) in [7, 11) is 0. The van der Waals surface area contributed by atoms with E-state index in [-0.39, 0.29) is 11.9 Å². The van der Waals surface area contributed by atoms with Gasteiger partial charge in [-0.1, -0.05) is 24.6 Å². The summed E-state index contributed by atoms with van der Waals surface area (Å²) in [5.41, 5.74) is 0. The molecule has 0 aromatic carbocycles. The van der Waals surface area contributed by atoms with Crippen molar-refractivity contribution < 1.29 is 14.7 Å². The van der Waals surface area contributed by atoms with Crippen molar-refractivity contribution in [3.05, 3.63) is 24.3 Å². The predicted molar refractivity (Wildman–Crippen MR) is 60.9 cm³/mol. The van der Waals surface area contributed by atoms with E-state index >= 15 is 0 Å². The molecule has 2 N–H and O–H groups in total. The Hall–Kier alpha value is -1.58. The van der Waals surface area contributed by atoms with Gasteiger partial charge in [-0.3, -0.25) is 9.59 Å². The molecule has 1 rings (SSSR count). The van der Waals surface area contributed by atoms with E-state index in [1.807, 2.05) is 13.0 Å². The molecule has 2 atom stereocenters. The number of amides is 1. The van der Waals surface area contributed by atoms with Crippen LogP contribution in [0.15, 0.2) is 24.3 Å². The van der Waals surface area contributed by atoms with E-state index in [1.54, 1.807) is 12.2 Å². The second-order valence-corrected chi connectivity index (χ2v) is 3.88. The zero-order valence-electron chi connectivity index (χ0n) is 9.35. The molecule has 1 saturated carbocycles. The van der Waals surface area contributed by atoms with E-state index in [2.05, 4.69) is 5.32 Å². The summed E-state index contributed by atoms with van der Waals surface area (Å²) in [6, 6.07) is -0.222. The molecule has 1 aliphatic carbocycles. The van der Waals surface area contributed by atoms with E-state index < -0.39 is 11.9 Å². The molecule has 0 aliphatic heterocycles. The largest absolute Gasteiger partial charge is 0.481 e. The number of rotatable bonds is 4. The summed E-state index contributed by atoms with van der Waals surface area (Å²) in [6.07, 6.45) is 8.89. The average Bonchev–Trinajstić information content (AvgIpc) is 2.66. The van der Waals surface area contributed by atoms with Crippen molar-refractivity contribution >= 4 is 11.9 Å². The number of carboxylic acids is 1. The molecule has 0 heterocycles. The Morgan fingerprint density at radius 2 is 2.06 bits per heavy atom. The third kappa shape index (κ3) is 3.53. The van der Waals surface area contributed by atoms with Gasteiger partial charge in [0.1, 0.15) is 0 Å². The third-order valence-electron chi connectivity index (χ3n) is 2.71. The van der Waals surface area contributed by atoms with E-state index in [0.717, 1.165) is 12.8 Å². The Kier molecular flexibility index (Phi) is 4.76. The van der Waals surface area contributed by atoms with Crippen LogP contribution >= 0.6 is 0 Å². The van der Waals surface area contributed by atoms with E-state index in [1.165, 1.54) is 6.08 Å². The molecule has 0 saturated heterocycles. The fraction of sp³-hybridized carbons (Fsp3) is 0.500. The number of hydrogen-bond donors (Lipinski definition) is 2. The Morgan fingerprint density at radius 1 is 1.31 bits per heavy atom. The van der Waals surface area contributed by atoms with Crippen LogP contribution < -0.4 is 5.32 Å². The molecule has 4 heteroatoms. The minimum Gasteiger partial charge on any atom is -0.481 e. The number of nitrogens with one attached hydrogen (secondary N) is 1. The van der Waals surface area contributed by atoms with Crippen molar-refractivity contribution in [3.8, 4) is 0 Å². The van der Waals surface area contributed by atoms with Crippen LogP contribution in [-0.2, 0) is 9.59 Å². The van der Waals surface area contributed by atoms with E-state index in [0.29, 0.717) is 6.42 Å². The van der Waals surface area contributed by atoms with Gasteiger partial charge in [-0.2, -0.15) is 0 Å². The first-order chi connectivity index (χ1) is 7.65. The fourth-order valence-corrected chi connectivity index (χ4v) is 1.91. The molecular weight excluding hydrogens is 206 g/mol. The quantitative estimate of drug-likeness (QED) is 0.560. The molecule has 0 radical (unpaired) electrons. The Bertz CT molecular complexity index is 320. The predicted octanol–water partition coefficient (Wildman–Crippen LogP) is 1.49. The van der Waals surface area contributed by atoms with Crippen LogP contribution in [0.3, 0.4) is 0 Å². The fourth-order valence-electron chi connectivity index (χ4n) is 1.91. The number of aliphatic carboxylic acids is 1. The molecule has 0 aromatic rings.